The third-order valence-electron chi connectivity index (χ3n) is 4.17. The van der Waals surface area contributed by atoms with Crippen molar-refractivity contribution in [3.8, 4) is 5.75 Å². The van der Waals surface area contributed by atoms with Crippen LogP contribution in [0.1, 0.15) is 22.3 Å². The molecule has 0 atom stereocenters. The van der Waals surface area contributed by atoms with Crippen molar-refractivity contribution >= 4 is 32.9 Å². The van der Waals surface area contributed by atoms with Gasteiger partial charge < -0.3 is 14.3 Å². The van der Waals surface area contributed by atoms with E-state index in [1.54, 1.807) is 13.0 Å². The summed E-state index contributed by atoms with van der Waals surface area (Å²) in [5, 5.41) is 9.74. The van der Waals surface area contributed by atoms with Crippen molar-refractivity contribution < 1.29 is 19.1 Å². The number of aliphatic carboxylic acids is 1. The van der Waals surface area contributed by atoms with Crippen LogP contribution in [-0.4, -0.2) is 11.1 Å². The number of hydrogen-bond donors (Lipinski definition) is 1. The van der Waals surface area contributed by atoms with Crippen LogP contribution in [0.5, 0.6) is 5.75 Å². The van der Waals surface area contributed by atoms with E-state index >= 15 is 0 Å². The molecule has 0 bridgehead atoms. The van der Waals surface area contributed by atoms with Crippen molar-refractivity contribution in [3.05, 3.63) is 73.5 Å². The molecular formula is C20H17BrO5. The van der Waals surface area contributed by atoms with Gasteiger partial charge in [0.05, 0.1) is 12.0 Å². The van der Waals surface area contributed by atoms with Crippen LogP contribution in [0.4, 0.5) is 0 Å². The molecule has 6 heteroatoms. The first-order chi connectivity index (χ1) is 12.3. The number of benzene rings is 2. The number of halogens is 1. The maximum Gasteiger partial charge on any atom is 0.340 e. The summed E-state index contributed by atoms with van der Waals surface area (Å²) in [5.41, 5.74) is 2.45. The highest BCUT2D eigenvalue weighted by molar-refractivity contribution is 9.10. The van der Waals surface area contributed by atoms with Crippen LogP contribution in [-0.2, 0) is 17.8 Å². The average molecular weight is 417 g/mol. The monoisotopic (exact) mass is 416 g/mol. The largest absolute Gasteiger partial charge is 0.489 e. The number of aryl methyl sites for hydroxylation is 2. The first-order valence-corrected chi connectivity index (χ1v) is 8.80. The molecule has 0 radical (unpaired) electrons. The van der Waals surface area contributed by atoms with Crippen molar-refractivity contribution in [2.24, 2.45) is 0 Å². The van der Waals surface area contributed by atoms with Crippen molar-refractivity contribution in [2.75, 3.05) is 0 Å². The van der Waals surface area contributed by atoms with Gasteiger partial charge in [0.25, 0.3) is 0 Å². The quantitative estimate of drug-likeness (QED) is 0.624. The number of carboxylic acids is 1. The van der Waals surface area contributed by atoms with Crippen molar-refractivity contribution in [3.63, 3.8) is 0 Å². The predicted octanol–water partition coefficient (Wildman–Crippen LogP) is 4.38. The van der Waals surface area contributed by atoms with Crippen molar-refractivity contribution in [2.45, 2.75) is 26.9 Å². The maximum absolute atomic E-state index is 12.2. The Hall–Kier alpha value is -2.60. The van der Waals surface area contributed by atoms with Crippen LogP contribution >= 0.6 is 15.9 Å². The molecule has 0 saturated carbocycles. The molecule has 0 aliphatic carbocycles. The fourth-order valence-corrected chi connectivity index (χ4v) is 3.43. The minimum atomic E-state index is -1.06. The van der Waals surface area contributed by atoms with E-state index < -0.39 is 11.6 Å². The zero-order chi connectivity index (χ0) is 18.8. The molecule has 1 N–H and O–H groups in total. The van der Waals surface area contributed by atoms with E-state index in [0.717, 1.165) is 21.0 Å². The Morgan fingerprint density at radius 1 is 1.23 bits per heavy atom. The van der Waals surface area contributed by atoms with Crippen LogP contribution in [0, 0.1) is 13.8 Å². The second-order valence-electron chi connectivity index (χ2n) is 6.10. The molecule has 5 nitrogen and oxygen atoms in total. The second kappa shape index (κ2) is 7.33. The van der Waals surface area contributed by atoms with E-state index in [-0.39, 0.29) is 12.0 Å². The Balaban J connectivity index is 1.97. The number of rotatable bonds is 5. The molecule has 0 saturated heterocycles. The van der Waals surface area contributed by atoms with Gasteiger partial charge in [-0.15, -0.1) is 0 Å². The molecule has 26 heavy (non-hydrogen) atoms. The highest BCUT2D eigenvalue weighted by atomic mass is 79.9. The first-order valence-electron chi connectivity index (χ1n) is 8.01. The lowest BCUT2D eigenvalue weighted by Crippen LogP contribution is -2.15. The summed E-state index contributed by atoms with van der Waals surface area (Å²) in [6, 6.07) is 11.3. The molecule has 1 heterocycles. The predicted molar refractivity (Wildman–Crippen MR) is 102 cm³/mol. The van der Waals surface area contributed by atoms with E-state index in [1.165, 1.54) is 0 Å². The van der Waals surface area contributed by atoms with E-state index in [2.05, 4.69) is 15.9 Å². The molecular weight excluding hydrogens is 400 g/mol. The van der Waals surface area contributed by atoms with Crippen LogP contribution in [0.2, 0.25) is 0 Å². The Kier molecular flexibility index (Phi) is 5.13. The summed E-state index contributed by atoms with van der Waals surface area (Å²) >= 11 is 3.43. The van der Waals surface area contributed by atoms with Gasteiger partial charge in [-0.25, -0.2) is 4.79 Å². The fraction of sp³-hybridized carbons (Fsp3) is 0.200. The summed E-state index contributed by atoms with van der Waals surface area (Å²) in [4.78, 5) is 23.1. The Bertz CT molecular complexity index is 1050. The summed E-state index contributed by atoms with van der Waals surface area (Å²) in [7, 11) is 0. The molecule has 0 amide bonds. The number of hydrogen-bond acceptors (Lipinski definition) is 4. The number of carbonyl (C=O) groups is 1. The smallest absolute Gasteiger partial charge is 0.340 e. The lowest BCUT2D eigenvalue weighted by molar-refractivity contribution is -0.136. The topological polar surface area (TPSA) is 76.7 Å². The maximum atomic E-state index is 12.2. The second-order valence-corrected chi connectivity index (χ2v) is 7.01. The molecule has 0 aliphatic heterocycles. The van der Waals surface area contributed by atoms with E-state index in [0.29, 0.717) is 23.5 Å². The highest BCUT2D eigenvalue weighted by Gasteiger charge is 2.16. The SMILES string of the molecule is Cc1cc(OCc2cccc(Br)c2)cc2oc(=O)c(CC(=O)O)c(C)c12. The zero-order valence-electron chi connectivity index (χ0n) is 14.3. The van der Waals surface area contributed by atoms with Crippen LogP contribution in [0.3, 0.4) is 0 Å². The number of fused-ring (bicyclic) bond motifs is 1. The third kappa shape index (κ3) is 3.80. The van der Waals surface area contributed by atoms with Crippen LogP contribution in [0.25, 0.3) is 11.0 Å². The normalized spacial score (nSPS) is 10.9. The van der Waals surface area contributed by atoms with Gasteiger partial charge >= 0.3 is 11.6 Å². The highest BCUT2D eigenvalue weighted by Crippen LogP contribution is 2.29. The number of ether oxygens (including phenoxy) is 1. The Labute approximate surface area is 158 Å². The molecule has 3 rings (SSSR count). The summed E-state index contributed by atoms with van der Waals surface area (Å²) in [6.07, 6.45) is -0.356. The molecule has 0 unspecified atom stereocenters. The van der Waals surface area contributed by atoms with E-state index in [1.807, 2.05) is 37.3 Å². The minimum absolute atomic E-state index is 0.177. The molecule has 3 aromatic rings. The van der Waals surface area contributed by atoms with Gasteiger partial charge in [-0.1, -0.05) is 28.1 Å². The van der Waals surface area contributed by atoms with Crippen LogP contribution in [0.15, 0.2) is 50.1 Å². The van der Waals surface area contributed by atoms with E-state index in [4.69, 9.17) is 14.3 Å². The zero-order valence-corrected chi connectivity index (χ0v) is 15.9. The third-order valence-corrected chi connectivity index (χ3v) is 4.67. The van der Waals surface area contributed by atoms with Gasteiger partial charge in [0, 0.05) is 15.9 Å². The fourth-order valence-electron chi connectivity index (χ4n) is 2.98. The summed E-state index contributed by atoms with van der Waals surface area (Å²) in [6.45, 7) is 4.00. The Morgan fingerprint density at radius 2 is 2.00 bits per heavy atom. The molecule has 0 spiro atoms. The van der Waals surface area contributed by atoms with Crippen molar-refractivity contribution in [1.29, 1.82) is 0 Å². The van der Waals surface area contributed by atoms with Gasteiger partial charge in [0.15, 0.2) is 0 Å². The van der Waals surface area contributed by atoms with E-state index in [9.17, 15) is 9.59 Å². The molecule has 0 fully saturated rings. The standard InChI is InChI=1S/C20H17BrO5/c1-11-6-15(25-10-13-4-3-5-14(21)7-13)8-17-19(11)12(2)16(9-18(22)23)20(24)26-17/h3-8H,9-10H2,1-2H3,(H,22,23). The lowest BCUT2D eigenvalue weighted by Gasteiger charge is -2.12. The average Bonchev–Trinajstić information content (AvgIpc) is 2.56. The van der Waals surface area contributed by atoms with Gasteiger partial charge in [-0.05, 0) is 48.7 Å². The molecule has 0 aliphatic rings. The Morgan fingerprint density at radius 3 is 2.69 bits per heavy atom. The van der Waals surface area contributed by atoms with Crippen molar-refractivity contribution in [1.82, 2.24) is 0 Å². The molecule has 1 aromatic heterocycles. The molecule has 2 aromatic carbocycles. The lowest BCUT2D eigenvalue weighted by atomic mass is 10.00. The summed E-state index contributed by atoms with van der Waals surface area (Å²) < 4.78 is 12.2. The van der Waals surface area contributed by atoms with Gasteiger partial charge in [-0.2, -0.15) is 0 Å². The minimum Gasteiger partial charge on any atom is -0.489 e. The van der Waals surface area contributed by atoms with Gasteiger partial charge in [0.2, 0.25) is 0 Å². The van der Waals surface area contributed by atoms with Gasteiger partial charge in [-0.3, -0.25) is 4.79 Å². The van der Waals surface area contributed by atoms with Crippen LogP contribution < -0.4 is 10.4 Å². The molecule has 134 valence electrons. The summed E-state index contributed by atoms with van der Waals surface area (Å²) in [5.74, 6) is -0.477. The number of carboxylic acid groups (broad SMARTS) is 1. The van der Waals surface area contributed by atoms with Gasteiger partial charge in [0.1, 0.15) is 17.9 Å². The first kappa shape index (κ1) is 18.2.